The van der Waals surface area contributed by atoms with Gasteiger partial charge in [0.1, 0.15) is 0 Å². The zero-order valence-corrected chi connectivity index (χ0v) is 19.5. The molecule has 0 radical (unpaired) electrons. The monoisotopic (exact) mass is 435 g/mol. The molecule has 7 heteroatoms. The molecule has 0 bridgehead atoms. The molecule has 1 aliphatic heterocycles. The lowest BCUT2D eigenvalue weighted by atomic mass is 10.1. The van der Waals surface area contributed by atoms with Gasteiger partial charge in [-0.25, -0.2) is 9.59 Å². The van der Waals surface area contributed by atoms with Gasteiger partial charge in [-0.1, -0.05) is 18.2 Å². The van der Waals surface area contributed by atoms with E-state index in [1.807, 2.05) is 56.5 Å². The highest BCUT2D eigenvalue weighted by Crippen LogP contribution is 2.33. The van der Waals surface area contributed by atoms with Gasteiger partial charge >= 0.3 is 11.7 Å². The fourth-order valence-electron chi connectivity index (χ4n) is 4.74. The average Bonchev–Trinajstić information content (AvgIpc) is 3.05. The van der Waals surface area contributed by atoms with Crippen molar-refractivity contribution in [2.45, 2.75) is 60.0 Å². The van der Waals surface area contributed by atoms with Gasteiger partial charge in [-0.05, 0) is 70.2 Å². The third kappa shape index (κ3) is 3.99. The number of para-hydroxylation sites is 1. The summed E-state index contributed by atoms with van der Waals surface area (Å²) < 4.78 is 3.58. The minimum absolute atomic E-state index is 0.00766. The standard InChI is InChI=1S/C25H33N5O2/c1-5-29-21-15-19(26-24(31)27-23-17(3)11-10-12-18(23)4)20(28-13-8-7-9-14-28)16-22(21)30(6-2)25(29)32/h10-12,15-16H,5-9,13-14H2,1-4H3,(H2,26,27,31). The first-order valence-electron chi connectivity index (χ1n) is 11.6. The lowest BCUT2D eigenvalue weighted by Crippen LogP contribution is -2.31. The number of benzene rings is 2. The van der Waals surface area contributed by atoms with Gasteiger partial charge in [-0.2, -0.15) is 0 Å². The number of carbonyl (C=O) groups is 1. The van der Waals surface area contributed by atoms with Gasteiger partial charge in [-0.3, -0.25) is 9.13 Å². The van der Waals surface area contributed by atoms with Gasteiger partial charge in [0, 0.05) is 31.9 Å². The van der Waals surface area contributed by atoms with Crippen molar-refractivity contribution in [2.75, 3.05) is 28.6 Å². The number of nitrogens with zero attached hydrogens (tertiary/aromatic N) is 3. The summed E-state index contributed by atoms with van der Waals surface area (Å²) in [5, 5.41) is 6.10. The van der Waals surface area contributed by atoms with Crippen LogP contribution in [0.25, 0.3) is 11.0 Å². The Morgan fingerprint density at radius 1 is 0.906 bits per heavy atom. The second kappa shape index (κ2) is 9.10. The number of carbonyl (C=O) groups excluding carboxylic acids is 1. The lowest BCUT2D eigenvalue weighted by molar-refractivity contribution is 0.262. The minimum atomic E-state index is -0.277. The van der Waals surface area contributed by atoms with Crippen LogP contribution < -0.4 is 21.2 Å². The normalized spacial score (nSPS) is 14.1. The van der Waals surface area contributed by atoms with Crippen LogP contribution >= 0.6 is 0 Å². The summed E-state index contributed by atoms with van der Waals surface area (Å²) in [5.74, 6) is 0. The maximum absolute atomic E-state index is 13.0. The summed E-state index contributed by atoms with van der Waals surface area (Å²) >= 11 is 0. The van der Waals surface area contributed by atoms with Gasteiger partial charge in [0.05, 0.1) is 22.4 Å². The van der Waals surface area contributed by atoms with Crippen molar-refractivity contribution in [3.8, 4) is 0 Å². The molecule has 3 aromatic rings. The second-order valence-electron chi connectivity index (χ2n) is 8.52. The number of anilines is 3. The molecule has 0 saturated carbocycles. The van der Waals surface area contributed by atoms with Gasteiger partial charge in [-0.15, -0.1) is 0 Å². The maximum atomic E-state index is 13.0. The van der Waals surface area contributed by atoms with Crippen molar-refractivity contribution in [2.24, 2.45) is 0 Å². The third-order valence-corrected chi connectivity index (χ3v) is 6.43. The Labute approximate surface area is 189 Å². The fraction of sp³-hybridized carbons (Fsp3) is 0.440. The molecule has 0 spiro atoms. The summed E-state index contributed by atoms with van der Waals surface area (Å²) in [7, 11) is 0. The van der Waals surface area contributed by atoms with Gasteiger partial charge in [0.25, 0.3) is 0 Å². The summed E-state index contributed by atoms with van der Waals surface area (Å²) in [6, 6.07) is 9.72. The highest BCUT2D eigenvalue weighted by atomic mass is 16.2. The number of fused-ring (bicyclic) bond motifs is 1. The summed E-state index contributed by atoms with van der Waals surface area (Å²) in [4.78, 5) is 28.3. The van der Waals surface area contributed by atoms with Crippen LogP contribution in [0.4, 0.5) is 21.9 Å². The first-order chi connectivity index (χ1) is 15.4. The van der Waals surface area contributed by atoms with Crippen LogP contribution in [0.5, 0.6) is 0 Å². The molecule has 2 aromatic carbocycles. The number of aryl methyl sites for hydroxylation is 4. The molecule has 7 nitrogen and oxygen atoms in total. The summed E-state index contributed by atoms with van der Waals surface area (Å²) in [6.07, 6.45) is 3.48. The van der Waals surface area contributed by atoms with Crippen molar-refractivity contribution < 1.29 is 4.79 Å². The Morgan fingerprint density at radius 2 is 1.50 bits per heavy atom. The molecule has 170 valence electrons. The zero-order chi connectivity index (χ0) is 22.8. The van der Waals surface area contributed by atoms with E-state index < -0.39 is 0 Å². The predicted molar refractivity (Wildman–Crippen MR) is 132 cm³/mol. The smallest absolute Gasteiger partial charge is 0.329 e. The van der Waals surface area contributed by atoms with Crippen molar-refractivity contribution in [3.63, 3.8) is 0 Å². The van der Waals surface area contributed by atoms with E-state index in [-0.39, 0.29) is 11.7 Å². The highest BCUT2D eigenvalue weighted by Gasteiger charge is 2.21. The van der Waals surface area contributed by atoms with Crippen molar-refractivity contribution in [3.05, 3.63) is 51.9 Å². The van der Waals surface area contributed by atoms with E-state index in [1.54, 1.807) is 4.57 Å². The van der Waals surface area contributed by atoms with Gasteiger partial charge < -0.3 is 15.5 Å². The molecule has 1 fully saturated rings. The van der Waals surface area contributed by atoms with E-state index in [0.29, 0.717) is 13.1 Å². The van der Waals surface area contributed by atoms with Crippen molar-refractivity contribution in [1.29, 1.82) is 0 Å². The number of nitrogens with one attached hydrogen (secondary N) is 2. The minimum Gasteiger partial charge on any atom is -0.370 e. The molecule has 0 atom stereocenters. The molecule has 1 aromatic heterocycles. The zero-order valence-electron chi connectivity index (χ0n) is 19.5. The molecule has 2 amide bonds. The Bertz CT molecular complexity index is 1180. The SMILES string of the molecule is CCn1c(=O)n(CC)c2cc(N3CCCCC3)c(NC(=O)Nc3c(C)cccc3C)cc21. The number of urea groups is 1. The Balaban J connectivity index is 1.77. The molecule has 0 aliphatic carbocycles. The Kier molecular flexibility index (Phi) is 6.26. The van der Waals surface area contributed by atoms with Crippen LogP contribution in [0.2, 0.25) is 0 Å². The Morgan fingerprint density at radius 3 is 2.09 bits per heavy atom. The highest BCUT2D eigenvalue weighted by molar-refractivity contribution is 6.04. The van der Waals surface area contributed by atoms with E-state index in [4.69, 9.17) is 0 Å². The van der Waals surface area contributed by atoms with Crippen LogP contribution in [0.1, 0.15) is 44.2 Å². The maximum Gasteiger partial charge on any atom is 0.329 e. The Hall–Kier alpha value is -3.22. The quantitative estimate of drug-likeness (QED) is 0.586. The molecular formula is C25H33N5O2. The van der Waals surface area contributed by atoms with Gasteiger partial charge in [0.2, 0.25) is 0 Å². The van der Waals surface area contributed by atoms with E-state index in [2.05, 4.69) is 21.6 Å². The van der Waals surface area contributed by atoms with Crippen LogP contribution in [0, 0.1) is 13.8 Å². The van der Waals surface area contributed by atoms with Gasteiger partial charge in [0.15, 0.2) is 0 Å². The molecule has 2 heterocycles. The number of hydrogen-bond donors (Lipinski definition) is 2. The molecular weight excluding hydrogens is 402 g/mol. The molecule has 2 N–H and O–H groups in total. The number of piperidine rings is 1. The number of rotatable bonds is 5. The summed E-state index contributed by atoms with van der Waals surface area (Å²) in [5.41, 5.74) is 6.34. The van der Waals surface area contributed by atoms with E-state index in [0.717, 1.165) is 65.2 Å². The van der Waals surface area contributed by atoms with E-state index in [9.17, 15) is 9.59 Å². The van der Waals surface area contributed by atoms with Crippen LogP contribution in [-0.4, -0.2) is 28.3 Å². The first kappa shape index (κ1) is 22.0. The molecule has 1 saturated heterocycles. The molecule has 0 unspecified atom stereocenters. The molecule has 4 rings (SSSR count). The summed E-state index contributed by atoms with van der Waals surface area (Å²) in [6.45, 7) is 11.0. The van der Waals surface area contributed by atoms with E-state index in [1.165, 1.54) is 6.42 Å². The van der Waals surface area contributed by atoms with Crippen LogP contribution in [-0.2, 0) is 13.1 Å². The fourth-order valence-corrected chi connectivity index (χ4v) is 4.74. The van der Waals surface area contributed by atoms with Crippen molar-refractivity contribution in [1.82, 2.24) is 9.13 Å². The number of aromatic nitrogens is 2. The largest absolute Gasteiger partial charge is 0.370 e. The second-order valence-corrected chi connectivity index (χ2v) is 8.52. The van der Waals surface area contributed by atoms with Crippen molar-refractivity contribution >= 4 is 34.1 Å². The lowest BCUT2D eigenvalue weighted by Gasteiger charge is -2.31. The average molecular weight is 436 g/mol. The number of amides is 2. The first-order valence-corrected chi connectivity index (χ1v) is 11.6. The van der Waals surface area contributed by atoms with Crippen LogP contribution in [0.3, 0.4) is 0 Å². The topological polar surface area (TPSA) is 71.3 Å². The van der Waals surface area contributed by atoms with Crippen LogP contribution in [0.15, 0.2) is 35.1 Å². The third-order valence-electron chi connectivity index (χ3n) is 6.43. The number of hydrogen-bond acceptors (Lipinski definition) is 3. The molecule has 32 heavy (non-hydrogen) atoms. The number of imidazole rings is 1. The predicted octanol–water partition coefficient (Wildman–Crippen LogP) is 5.09. The molecule has 1 aliphatic rings. The van der Waals surface area contributed by atoms with E-state index >= 15 is 0 Å².